The lowest BCUT2D eigenvalue weighted by atomic mass is 10.2. The van der Waals surface area contributed by atoms with Crippen molar-refractivity contribution in [3.05, 3.63) is 0 Å². The quantitative estimate of drug-likeness (QED) is 0.728. The molecule has 0 bridgehead atoms. The summed E-state index contributed by atoms with van der Waals surface area (Å²) in [5, 5.41) is 0. The van der Waals surface area contributed by atoms with Gasteiger partial charge in [-0.05, 0) is 25.0 Å². The molecule has 0 aromatic heterocycles. The lowest BCUT2D eigenvalue weighted by molar-refractivity contribution is -0.140. The lowest BCUT2D eigenvalue weighted by Crippen LogP contribution is -2.39. The summed E-state index contributed by atoms with van der Waals surface area (Å²) in [6.45, 7) is 0. The van der Waals surface area contributed by atoms with E-state index in [4.69, 9.17) is 0 Å². The summed E-state index contributed by atoms with van der Waals surface area (Å²) in [7, 11) is -1.96. The summed E-state index contributed by atoms with van der Waals surface area (Å²) in [5.74, 6) is 1.58. The summed E-state index contributed by atoms with van der Waals surface area (Å²) >= 11 is 1.78. The molecular weight excluding hydrogens is 262 g/mol. The SMILES string of the molecule is COC(=O)CCCS(=O)(=O)NC1CCCSC1. The van der Waals surface area contributed by atoms with Crippen molar-refractivity contribution in [2.24, 2.45) is 0 Å². The average Bonchev–Trinajstić information content (AvgIpc) is 2.29. The van der Waals surface area contributed by atoms with E-state index in [0.717, 1.165) is 24.3 Å². The van der Waals surface area contributed by atoms with Gasteiger partial charge in [0.25, 0.3) is 0 Å². The van der Waals surface area contributed by atoms with Crippen LogP contribution in [0.4, 0.5) is 0 Å². The molecule has 1 atom stereocenters. The Morgan fingerprint density at radius 2 is 2.29 bits per heavy atom. The van der Waals surface area contributed by atoms with Crippen LogP contribution in [0.15, 0.2) is 0 Å². The van der Waals surface area contributed by atoms with Crippen LogP contribution in [-0.2, 0) is 19.6 Å². The number of sulfonamides is 1. The zero-order chi connectivity index (χ0) is 12.7. The molecule has 0 saturated carbocycles. The Bertz CT molecular complexity index is 336. The maximum absolute atomic E-state index is 11.7. The fraction of sp³-hybridized carbons (Fsp3) is 0.900. The van der Waals surface area contributed by atoms with Gasteiger partial charge in [0, 0.05) is 18.2 Å². The molecule has 0 amide bonds. The molecule has 17 heavy (non-hydrogen) atoms. The minimum Gasteiger partial charge on any atom is -0.469 e. The maximum Gasteiger partial charge on any atom is 0.305 e. The molecule has 1 aliphatic heterocycles. The van der Waals surface area contributed by atoms with Crippen molar-refractivity contribution in [3.63, 3.8) is 0 Å². The van der Waals surface area contributed by atoms with E-state index in [1.165, 1.54) is 7.11 Å². The molecule has 1 aliphatic rings. The maximum atomic E-state index is 11.7. The number of esters is 1. The second-order valence-electron chi connectivity index (χ2n) is 4.03. The third-order valence-corrected chi connectivity index (χ3v) is 5.26. The van der Waals surface area contributed by atoms with Crippen LogP contribution in [0.25, 0.3) is 0 Å². The topological polar surface area (TPSA) is 72.5 Å². The van der Waals surface area contributed by atoms with Gasteiger partial charge in [-0.1, -0.05) is 0 Å². The number of carbonyl (C=O) groups is 1. The number of thioether (sulfide) groups is 1. The zero-order valence-corrected chi connectivity index (χ0v) is 11.6. The third-order valence-electron chi connectivity index (χ3n) is 2.53. The van der Waals surface area contributed by atoms with Gasteiger partial charge in [-0.2, -0.15) is 11.8 Å². The molecule has 5 nitrogen and oxygen atoms in total. The molecule has 0 aromatic rings. The summed E-state index contributed by atoms with van der Waals surface area (Å²) < 4.78 is 30.5. The van der Waals surface area contributed by atoms with Gasteiger partial charge < -0.3 is 4.74 Å². The van der Waals surface area contributed by atoms with Crippen molar-refractivity contribution in [1.82, 2.24) is 4.72 Å². The minimum absolute atomic E-state index is 0.0106. The van der Waals surface area contributed by atoms with Gasteiger partial charge in [-0.3, -0.25) is 4.79 Å². The highest BCUT2D eigenvalue weighted by Gasteiger charge is 2.20. The van der Waals surface area contributed by atoms with Crippen molar-refractivity contribution in [2.75, 3.05) is 24.4 Å². The normalized spacial score (nSPS) is 21.1. The fourth-order valence-electron chi connectivity index (χ4n) is 1.66. The van der Waals surface area contributed by atoms with Gasteiger partial charge in [0.1, 0.15) is 0 Å². The molecule has 1 rings (SSSR count). The summed E-state index contributed by atoms with van der Waals surface area (Å²) in [4.78, 5) is 10.8. The third kappa shape index (κ3) is 6.28. The lowest BCUT2D eigenvalue weighted by Gasteiger charge is -2.22. The summed E-state index contributed by atoms with van der Waals surface area (Å²) in [6, 6.07) is 0.0527. The molecule has 1 saturated heterocycles. The van der Waals surface area contributed by atoms with E-state index < -0.39 is 10.0 Å². The van der Waals surface area contributed by atoms with Gasteiger partial charge in [-0.15, -0.1) is 0 Å². The van der Waals surface area contributed by atoms with Gasteiger partial charge in [0.15, 0.2) is 0 Å². The smallest absolute Gasteiger partial charge is 0.305 e. The molecule has 0 spiro atoms. The molecule has 1 N–H and O–H groups in total. The number of hydrogen-bond donors (Lipinski definition) is 1. The largest absolute Gasteiger partial charge is 0.469 e. The molecule has 1 fully saturated rings. The minimum atomic E-state index is -3.26. The van der Waals surface area contributed by atoms with Crippen LogP contribution in [0.2, 0.25) is 0 Å². The molecule has 7 heteroatoms. The standard InChI is InChI=1S/C10H19NO4S2/c1-15-10(12)5-3-7-17(13,14)11-9-4-2-6-16-8-9/h9,11H,2-8H2,1H3. The second kappa shape index (κ2) is 7.23. The first-order valence-corrected chi connectivity index (χ1v) is 8.49. The predicted molar refractivity (Wildman–Crippen MR) is 68.5 cm³/mol. The highest BCUT2D eigenvalue weighted by molar-refractivity contribution is 7.99. The van der Waals surface area contributed by atoms with E-state index in [1.54, 1.807) is 11.8 Å². The fourth-order valence-corrected chi connectivity index (χ4v) is 4.18. The second-order valence-corrected chi connectivity index (χ2v) is 7.05. The molecule has 1 heterocycles. The first kappa shape index (κ1) is 14.8. The van der Waals surface area contributed by atoms with Gasteiger partial charge in [-0.25, -0.2) is 13.1 Å². The Labute approximate surface area is 107 Å². The number of hydrogen-bond acceptors (Lipinski definition) is 5. The Morgan fingerprint density at radius 3 is 2.88 bits per heavy atom. The molecule has 1 unspecified atom stereocenters. The van der Waals surface area contributed by atoms with Crippen LogP contribution in [-0.4, -0.2) is 44.8 Å². The summed E-state index contributed by atoms with van der Waals surface area (Å²) in [5.41, 5.74) is 0. The first-order chi connectivity index (χ1) is 8.03. The summed E-state index contributed by atoms with van der Waals surface area (Å²) in [6.07, 6.45) is 2.42. The Morgan fingerprint density at radius 1 is 1.53 bits per heavy atom. The number of ether oxygens (including phenoxy) is 1. The number of nitrogens with one attached hydrogen (secondary N) is 1. The molecule has 0 aliphatic carbocycles. The van der Waals surface area contributed by atoms with Gasteiger partial charge in [0.2, 0.25) is 10.0 Å². The predicted octanol–water partition coefficient (Wildman–Crippen LogP) is 0.755. The molecule has 100 valence electrons. The van der Waals surface area contributed by atoms with Crippen molar-refractivity contribution in [2.45, 2.75) is 31.7 Å². The molecule has 0 radical (unpaired) electrons. The number of rotatable bonds is 6. The van der Waals surface area contributed by atoms with Crippen LogP contribution >= 0.6 is 11.8 Å². The van der Waals surface area contributed by atoms with Crippen molar-refractivity contribution in [1.29, 1.82) is 0 Å². The van der Waals surface area contributed by atoms with Crippen molar-refractivity contribution < 1.29 is 17.9 Å². The Hall–Kier alpha value is -0.270. The van der Waals surface area contributed by atoms with Crippen LogP contribution in [0.5, 0.6) is 0 Å². The van der Waals surface area contributed by atoms with Crippen LogP contribution < -0.4 is 4.72 Å². The first-order valence-electron chi connectivity index (χ1n) is 5.68. The van der Waals surface area contributed by atoms with E-state index in [-0.39, 0.29) is 24.2 Å². The number of carbonyl (C=O) groups excluding carboxylic acids is 1. The van der Waals surface area contributed by atoms with E-state index in [9.17, 15) is 13.2 Å². The van der Waals surface area contributed by atoms with E-state index >= 15 is 0 Å². The monoisotopic (exact) mass is 281 g/mol. The van der Waals surface area contributed by atoms with E-state index in [2.05, 4.69) is 9.46 Å². The Kier molecular flexibility index (Phi) is 6.29. The van der Waals surface area contributed by atoms with Crippen LogP contribution in [0, 0.1) is 0 Å². The molecule has 0 aromatic carbocycles. The zero-order valence-electron chi connectivity index (χ0n) is 9.98. The van der Waals surface area contributed by atoms with Gasteiger partial charge in [0.05, 0.1) is 12.9 Å². The van der Waals surface area contributed by atoms with Crippen LogP contribution in [0.3, 0.4) is 0 Å². The highest BCUT2D eigenvalue weighted by atomic mass is 32.2. The van der Waals surface area contributed by atoms with Crippen LogP contribution in [0.1, 0.15) is 25.7 Å². The van der Waals surface area contributed by atoms with E-state index in [1.807, 2.05) is 0 Å². The Balaban J connectivity index is 2.27. The van der Waals surface area contributed by atoms with Crippen molar-refractivity contribution in [3.8, 4) is 0 Å². The van der Waals surface area contributed by atoms with Crippen molar-refractivity contribution >= 4 is 27.8 Å². The molecular formula is C10H19NO4S2. The van der Waals surface area contributed by atoms with Gasteiger partial charge >= 0.3 is 5.97 Å². The highest BCUT2D eigenvalue weighted by Crippen LogP contribution is 2.17. The van der Waals surface area contributed by atoms with E-state index in [0.29, 0.717) is 6.42 Å². The number of methoxy groups -OCH3 is 1. The average molecular weight is 281 g/mol.